The van der Waals surface area contributed by atoms with Gasteiger partial charge in [-0.1, -0.05) is 18.2 Å². The van der Waals surface area contributed by atoms with Crippen LogP contribution in [0.2, 0.25) is 0 Å². The number of fused-ring (bicyclic) bond motifs is 1. The molecule has 0 unspecified atom stereocenters. The maximum absolute atomic E-state index is 12.3. The lowest BCUT2D eigenvalue weighted by Gasteiger charge is -2.43. The van der Waals surface area contributed by atoms with Crippen molar-refractivity contribution in [2.45, 2.75) is 51.7 Å². The molecule has 1 amide bonds. The lowest BCUT2D eigenvalue weighted by molar-refractivity contribution is 0.0417. The van der Waals surface area contributed by atoms with Crippen molar-refractivity contribution in [3.05, 3.63) is 46.8 Å². The van der Waals surface area contributed by atoms with Crippen LogP contribution in [0.5, 0.6) is 0 Å². The van der Waals surface area contributed by atoms with E-state index in [4.69, 9.17) is 0 Å². The molecule has 6 nitrogen and oxygen atoms in total. The third kappa shape index (κ3) is 4.33. The first-order valence-electron chi connectivity index (χ1n) is 9.60. The van der Waals surface area contributed by atoms with E-state index in [1.807, 2.05) is 55.7 Å². The Balaban J connectivity index is 1.63. The van der Waals surface area contributed by atoms with Crippen LogP contribution < -0.4 is 5.56 Å². The fourth-order valence-corrected chi connectivity index (χ4v) is 4.11. The van der Waals surface area contributed by atoms with Gasteiger partial charge in [-0.25, -0.2) is 4.79 Å². The van der Waals surface area contributed by atoms with E-state index in [2.05, 4.69) is 4.90 Å². The van der Waals surface area contributed by atoms with Gasteiger partial charge < -0.3 is 19.5 Å². The monoisotopic (exact) mass is 371 g/mol. The lowest BCUT2D eigenvalue weighted by Crippen LogP contribution is -2.54. The molecule has 3 rings (SSSR count). The van der Waals surface area contributed by atoms with Crippen molar-refractivity contribution in [2.75, 3.05) is 19.6 Å². The number of likely N-dealkylation sites (tertiary alicyclic amines) is 1. The molecule has 0 radical (unpaired) electrons. The second-order valence-electron chi connectivity index (χ2n) is 8.28. The fraction of sp³-hybridized carbons (Fsp3) is 0.524. The Morgan fingerprint density at radius 2 is 1.78 bits per heavy atom. The quantitative estimate of drug-likeness (QED) is 0.896. The summed E-state index contributed by atoms with van der Waals surface area (Å²) in [7, 11) is 0. The molecule has 0 bridgehead atoms. The molecule has 1 aliphatic rings. The van der Waals surface area contributed by atoms with Gasteiger partial charge in [0.15, 0.2) is 0 Å². The van der Waals surface area contributed by atoms with Crippen LogP contribution >= 0.6 is 0 Å². The van der Waals surface area contributed by atoms with Gasteiger partial charge >= 0.3 is 6.09 Å². The normalized spacial score (nSPS) is 16.6. The predicted molar refractivity (Wildman–Crippen MR) is 107 cm³/mol. The molecule has 2 aromatic rings. The number of pyridine rings is 1. The molecule has 1 saturated heterocycles. The standard InChI is InChI=1S/C21H29N3O3/c1-21(2,3)24(20(26)27)17-10-12-22(13-11-17)14-15-23-18-7-5-4-6-16(18)8-9-19(23)25/h4-9,17H,10-15H2,1-3H3,(H,26,27). The molecule has 27 heavy (non-hydrogen) atoms. The highest BCUT2D eigenvalue weighted by atomic mass is 16.4. The number of rotatable bonds is 4. The summed E-state index contributed by atoms with van der Waals surface area (Å²) >= 11 is 0. The number of amides is 1. The molecule has 1 fully saturated rings. The average molecular weight is 371 g/mol. The number of piperidine rings is 1. The molecule has 6 heteroatoms. The number of hydrogen-bond donors (Lipinski definition) is 1. The Morgan fingerprint density at radius 3 is 2.41 bits per heavy atom. The topological polar surface area (TPSA) is 65.8 Å². The Kier molecular flexibility index (Phi) is 5.56. The van der Waals surface area contributed by atoms with Crippen molar-refractivity contribution in [3.63, 3.8) is 0 Å². The number of carboxylic acid groups (broad SMARTS) is 1. The zero-order valence-electron chi connectivity index (χ0n) is 16.4. The van der Waals surface area contributed by atoms with E-state index < -0.39 is 11.6 Å². The smallest absolute Gasteiger partial charge is 0.407 e. The lowest BCUT2D eigenvalue weighted by atomic mass is 9.97. The van der Waals surface area contributed by atoms with Crippen LogP contribution in [0.3, 0.4) is 0 Å². The van der Waals surface area contributed by atoms with Crippen LogP contribution in [0.1, 0.15) is 33.6 Å². The van der Waals surface area contributed by atoms with Crippen LogP contribution in [-0.2, 0) is 6.54 Å². The molecule has 1 aromatic heterocycles. The van der Waals surface area contributed by atoms with Crippen LogP contribution in [0.4, 0.5) is 4.79 Å². The third-order valence-electron chi connectivity index (χ3n) is 5.39. The minimum atomic E-state index is -0.844. The van der Waals surface area contributed by atoms with Gasteiger partial charge in [-0.05, 0) is 51.1 Å². The molecule has 0 spiro atoms. The minimum Gasteiger partial charge on any atom is -0.465 e. The minimum absolute atomic E-state index is 0.0216. The molecular formula is C21H29N3O3. The Hall–Kier alpha value is -2.34. The molecule has 0 atom stereocenters. The van der Waals surface area contributed by atoms with E-state index in [1.54, 1.807) is 11.0 Å². The van der Waals surface area contributed by atoms with Crippen LogP contribution in [0.25, 0.3) is 10.9 Å². The van der Waals surface area contributed by atoms with Crippen LogP contribution in [-0.4, -0.2) is 56.8 Å². The highest BCUT2D eigenvalue weighted by Gasteiger charge is 2.35. The van der Waals surface area contributed by atoms with E-state index in [0.29, 0.717) is 6.54 Å². The van der Waals surface area contributed by atoms with Gasteiger partial charge in [0.25, 0.3) is 5.56 Å². The van der Waals surface area contributed by atoms with Gasteiger partial charge in [0.1, 0.15) is 0 Å². The summed E-state index contributed by atoms with van der Waals surface area (Å²) in [4.78, 5) is 27.9. The average Bonchev–Trinajstić information content (AvgIpc) is 2.60. The summed E-state index contributed by atoms with van der Waals surface area (Å²) in [6.45, 7) is 8.98. The van der Waals surface area contributed by atoms with Crippen molar-refractivity contribution in [3.8, 4) is 0 Å². The summed E-state index contributed by atoms with van der Waals surface area (Å²) in [5.74, 6) is 0. The first kappa shape index (κ1) is 19.4. The summed E-state index contributed by atoms with van der Waals surface area (Å²) in [6, 6.07) is 11.5. The van der Waals surface area contributed by atoms with Gasteiger partial charge in [-0.3, -0.25) is 4.79 Å². The van der Waals surface area contributed by atoms with E-state index in [0.717, 1.165) is 43.4 Å². The second kappa shape index (κ2) is 7.72. The summed E-state index contributed by atoms with van der Waals surface area (Å²) in [6.07, 6.45) is 0.811. The zero-order chi connectivity index (χ0) is 19.6. The number of hydrogen-bond acceptors (Lipinski definition) is 3. The largest absolute Gasteiger partial charge is 0.465 e. The predicted octanol–water partition coefficient (Wildman–Crippen LogP) is 3.24. The molecule has 0 aliphatic carbocycles. The van der Waals surface area contributed by atoms with Gasteiger partial charge in [-0.2, -0.15) is 0 Å². The number of aromatic nitrogens is 1. The van der Waals surface area contributed by atoms with E-state index in [1.165, 1.54) is 0 Å². The van der Waals surface area contributed by atoms with E-state index in [-0.39, 0.29) is 11.6 Å². The van der Waals surface area contributed by atoms with E-state index in [9.17, 15) is 14.7 Å². The highest BCUT2D eigenvalue weighted by molar-refractivity contribution is 5.78. The number of para-hydroxylation sites is 1. The Morgan fingerprint density at radius 1 is 1.11 bits per heavy atom. The van der Waals surface area contributed by atoms with Crippen LogP contribution in [0, 0.1) is 0 Å². The fourth-order valence-electron chi connectivity index (χ4n) is 4.11. The molecule has 1 aromatic carbocycles. The molecule has 2 heterocycles. The van der Waals surface area contributed by atoms with Crippen molar-refractivity contribution in [1.82, 2.24) is 14.4 Å². The third-order valence-corrected chi connectivity index (χ3v) is 5.39. The Bertz CT molecular complexity index is 861. The van der Waals surface area contributed by atoms with Crippen molar-refractivity contribution in [1.29, 1.82) is 0 Å². The number of carbonyl (C=O) groups is 1. The SMILES string of the molecule is CC(C)(C)N(C(=O)O)C1CCN(CCn2c(=O)ccc3ccccc32)CC1. The van der Waals surface area contributed by atoms with Crippen molar-refractivity contribution in [2.24, 2.45) is 0 Å². The van der Waals surface area contributed by atoms with Gasteiger partial charge in [0.2, 0.25) is 0 Å². The second-order valence-corrected chi connectivity index (χ2v) is 8.28. The van der Waals surface area contributed by atoms with Crippen molar-refractivity contribution >= 4 is 17.0 Å². The maximum Gasteiger partial charge on any atom is 0.407 e. The number of nitrogens with zero attached hydrogens (tertiary/aromatic N) is 3. The Labute approximate surface area is 160 Å². The molecule has 1 N–H and O–H groups in total. The summed E-state index contributed by atoms with van der Waals surface area (Å²) in [5.41, 5.74) is 0.590. The maximum atomic E-state index is 12.3. The van der Waals surface area contributed by atoms with Gasteiger partial charge in [0.05, 0.1) is 5.52 Å². The van der Waals surface area contributed by atoms with Gasteiger partial charge in [-0.15, -0.1) is 0 Å². The van der Waals surface area contributed by atoms with Gasteiger partial charge in [0, 0.05) is 43.8 Å². The summed E-state index contributed by atoms with van der Waals surface area (Å²) in [5, 5.41) is 10.7. The highest BCUT2D eigenvalue weighted by Crippen LogP contribution is 2.24. The summed E-state index contributed by atoms with van der Waals surface area (Å²) < 4.78 is 1.83. The first-order valence-corrected chi connectivity index (χ1v) is 9.60. The van der Waals surface area contributed by atoms with E-state index >= 15 is 0 Å². The van der Waals surface area contributed by atoms with Crippen molar-refractivity contribution < 1.29 is 9.90 Å². The number of benzene rings is 1. The molecule has 1 aliphatic heterocycles. The molecule has 0 saturated carbocycles. The molecular weight excluding hydrogens is 342 g/mol. The zero-order valence-corrected chi connectivity index (χ0v) is 16.4. The van der Waals surface area contributed by atoms with Crippen LogP contribution in [0.15, 0.2) is 41.2 Å². The molecule has 146 valence electrons. The first-order chi connectivity index (χ1) is 12.8.